The molecule has 2 amide bonds. The van der Waals surface area contributed by atoms with Crippen LogP contribution >= 0.6 is 0 Å². The highest BCUT2D eigenvalue weighted by molar-refractivity contribution is 5.91. The number of hydrogen-bond acceptors (Lipinski definition) is 6. The molecule has 184 valence electrons. The number of rotatable bonds is 5. The number of benzene rings is 1. The highest BCUT2D eigenvalue weighted by Gasteiger charge is 2.25. The molecule has 2 aromatic heterocycles. The standard InChI is InChI=1S/C26H33N7O2/c1-4-19-7-8-33(16-19)26(34)27-21-6-5-18(2)22(15-21)20-13-23(24-17-31(3)30-29-24)28-25(14-20)32-9-11-35-12-10-32/h5-6,13-15,17,19H,4,7-12,16H2,1-3H3,(H,27,34)/t19-/m1/s1. The Kier molecular flexibility index (Phi) is 6.68. The van der Waals surface area contributed by atoms with Gasteiger partial charge in [-0.15, -0.1) is 5.10 Å². The van der Waals surface area contributed by atoms with Crippen LogP contribution in [0.15, 0.2) is 36.5 Å². The molecule has 1 N–H and O–H groups in total. The van der Waals surface area contributed by atoms with Crippen molar-refractivity contribution in [2.24, 2.45) is 13.0 Å². The number of aromatic nitrogens is 4. The van der Waals surface area contributed by atoms with Crippen molar-refractivity contribution in [1.29, 1.82) is 0 Å². The van der Waals surface area contributed by atoms with Crippen LogP contribution in [0.25, 0.3) is 22.5 Å². The van der Waals surface area contributed by atoms with Crippen LogP contribution in [0.3, 0.4) is 0 Å². The minimum atomic E-state index is -0.0280. The van der Waals surface area contributed by atoms with E-state index in [1.807, 2.05) is 30.3 Å². The van der Waals surface area contributed by atoms with Crippen molar-refractivity contribution in [2.75, 3.05) is 49.6 Å². The molecule has 5 rings (SSSR count). The molecule has 4 heterocycles. The second-order valence-electron chi connectivity index (χ2n) is 9.44. The number of anilines is 2. The van der Waals surface area contributed by atoms with Gasteiger partial charge in [-0.25, -0.2) is 9.78 Å². The Labute approximate surface area is 206 Å². The minimum Gasteiger partial charge on any atom is -0.378 e. The van der Waals surface area contributed by atoms with Crippen LogP contribution in [0.2, 0.25) is 0 Å². The van der Waals surface area contributed by atoms with E-state index in [4.69, 9.17) is 9.72 Å². The third-order valence-electron chi connectivity index (χ3n) is 6.96. The van der Waals surface area contributed by atoms with Crippen molar-refractivity contribution in [3.8, 4) is 22.5 Å². The van der Waals surface area contributed by atoms with Crippen LogP contribution in [-0.4, -0.2) is 70.3 Å². The number of nitrogens with zero attached hydrogens (tertiary/aromatic N) is 6. The Morgan fingerprint density at radius 1 is 1.14 bits per heavy atom. The fourth-order valence-corrected chi connectivity index (χ4v) is 4.79. The predicted octanol–water partition coefficient (Wildman–Crippen LogP) is 3.95. The SMILES string of the molecule is CC[C@@H]1CCN(C(=O)Nc2ccc(C)c(-c3cc(-c4cn(C)nn4)nc(N4CCOCC4)c3)c2)C1. The summed E-state index contributed by atoms with van der Waals surface area (Å²) in [5, 5.41) is 11.5. The Balaban J connectivity index is 1.47. The molecule has 0 unspecified atom stereocenters. The Bertz CT molecular complexity index is 1200. The summed E-state index contributed by atoms with van der Waals surface area (Å²) in [6.07, 6.45) is 4.06. The van der Waals surface area contributed by atoms with Gasteiger partial charge in [-0.2, -0.15) is 0 Å². The van der Waals surface area contributed by atoms with Gasteiger partial charge in [0.15, 0.2) is 0 Å². The topological polar surface area (TPSA) is 88.4 Å². The third kappa shape index (κ3) is 5.14. The number of nitrogens with one attached hydrogen (secondary N) is 1. The van der Waals surface area contributed by atoms with E-state index in [0.29, 0.717) is 19.1 Å². The van der Waals surface area contributed by atoms with Gasteiger partial charge in [0.25, 0.3) is 0 Å². The van der Waals surface area contributed by atoms with Crippen molar-refractivity contribution < 1.29 is 9.53 Å². The molecule has 0 saturated carbocycles. The number of urea groups is 1. The zero-order valence-corrected chi connectivity index (χ0v) is 20.7. The van der Waals surface area contributed by atoms with Crippen LogP contribution in [-0.2, 0) is 11.8 Å². The highest BCUT2D eigenvalue weighted by atomic mass is 16.5. The molecule has 35 heavy (non-hydrogen) atoms. The molecular formula is C26H33N7O2. The van der Waals surface area contributed by atoms with E-state index >= 15 is 0 Å². The number of morpholine rings is 1. The van der Waals surface area contributed by atoms with Gasteiger partial charge in [-0.3, -0.25) is 4.68 Å². The Hall–Kier alpha value is -3.46. The number of likely N-dealkylation sites (tertiary alicyclic amines) is 1. The maximum atomic E-state index is 12.9. The van der Waals surface area contributed by atoms with E-state index in [9.17, 15) is 4.79 Å². The lowest BCUT2D eigenvalue weighted by Crippen LogP contribution is -2.36. The first-order chi connectivity index (χ1) is 17.0. The van der Waals surface area contributed by atoms with E-state index in [-0.39, 0.29) is 6.03 Å². The lowest BCUT2D eigenvalue weighted by atomic mass is 9.99. The first kappa shape index (κ1) is 23.3. The molecule has 0 bridgehead atoms. The van der Waals surface area contributed by atoms with Crippen molar-refractivity contribution in [2.45, 2.75) is 26.7 Å². The number of pyridine rings is 1. The molecule has 9 nitrogen and oxygen atoms in total. The average Bonchev–Trinajstić information content (AvgIpc) is 3.55. The monoisotopic (exact) mass is 475 g/mol. The molecule has 9 heteroatoms. The zero-order valence-electron chi connectivity index (χ0n) is 20.7. The van der Waals surface area contributed by atoms with Crippen molar-refractivity contribution in [3.05, 3.63) is 42.1 Å². The van der Waals surface area contributed by atoms with Crippen molar-refractivity contribution in [3.63, 3.8) is 0 Å². The lowest BCUT2D eigenvalue weighted by molar-refractivity contribution is 0.122. The summed E-state index contributed by atoms with van der Waals surface area (Å²) in [5.41, 5.74) is 5.50. The minimum absolute atomic E-state index is 0.0280. The molecule has 1 atom stereocenters. The fourth-order valence-electron chi connectivity index (χ4n) is 4.79. The number of carbonyl (C=O) groups is 1. The number of ether oxygens (including phenoxy) is 1. The number of aryl methyl sites for hydroxylation is 2. The van der Waals surface area contributed by atoms with Gasteiger partial charge in [0.1, 0.15) is 11.5 Å². The molecule has 3 aromatic rings. The second kappa shape index (κ2) is 10.0. The van der Waals surface area contributed by atoms with E-state index < -0.39 is 0 Å². The van der Waals surface area contributed by atoms with Crippen LogP contribution in [0.4, 0.5) is 16.3 Å². The van der Waals surface area contributed by atoms with E-state index in [2.05, 4.69) is 52.6 Å². The predicted molar refractivity (Wildman–Crippen MR) is 136 cm³/mol. The Morgan fingerprint density at radius 2 is 1.97 bits per heavy atom. The molecule has 0 aliphatic carbocycles. The van der Waals surface area contributed by atoms with Gasteiger partial charge in [-0.05, 0) is 60.2 Å². The third-order valence-corrected chi connectivity index (χ3v) is 6.96. The van der Waals surface area contributed by atoms with Gasteiger partial charge in [0.2, 0.25) is 0 Å². The molecule has 2 fully saturated rings. The van der Waals surface area contributed by atoms with Crippen LogP contribution in [0.5, 0.6) is 0 Å². The molecular weight excluding hydrogens is 442 g/mol. The van der Waals surface area contributed by atoms with E-state index in [1.165, 1.54) is 0 Å². The van der Waals surface area contributed by atoms with E-state index in [0.717, 1.165) is 78.6 Å². The Morgan fingerprint density at radius 3 is 2.69 bits per heavy atom. The molecule has 0 radical (unpaired) electrons. The number of amides is 2. The van der Waals surface area contributed by atoms with Crippen molar-refractivity contribution >= 4 is 17.5 Å². The summed E-state index contributed by atoms with van der Waals surface area (Å²) in [7, 11) is 1.85. The van der Waals surface area contributed by atoms with Gasteiger partial charge in [-0.1, -0.05) is 24.6 Å². The van der Waals surface area contributed by atoms with Gasteiger partial charge < -0.3 is 19.9 Å². The van der Waals surface area contributed by atoms with E-state index in [1.54, 1.807) is 4.68 Å². The van der Waals surface area contributed by atoms with Gasteiger partial charge in [0.05, 0.1) is 25.1 Å². The summed E-state index contributed by atoms with van der Waals surface area (Å²) in [6, 6.07) is 10.2. The largest absolute Gasteiger partial charge is 0.378 e. The summed E-state index contributed by atoms with van der Waals surface area (Å²) in [4.78, 5) is 22.0. The average molecular weight is 476 g/mol. The number of carbonyl (C=O) groups excluding carboxylic acids is 1. The zero-order chi connectivity index (χ0) is 24.4. The second-order valence-corrected chi connectivity index (χ2v) is 9.44. The normalized spacial score (nSPS) is 18.2. The highest BCUT2D eigenvalue weighted by Crippen LogP contribution is 2.32. The molecule has 2 saturated heterocycles. The summed E-state index contributed by atoms with van der Waals surface area (Å²) in [5.74, 6) is 1.49. The summed E-state index contributed by atoms with van der Waals surface area (Å²) in [6.45, 7) is 8.87. The number of hydrogen-bond donors (Lipinski definition) is 1. The maximum absolute atomic E-state index is 12.9. The summed E-state index contributed by atoms with van der Waals surface area (Å²) < 4.78 is 7.22. The molecule has 0 spiro atoms. The molecule has 2 aliphatic heterocycles. The van der Waals surface area contributed by atoms with Crippen LogP contribution < -0.4 is 10.2 Å². The maximum Gasteiger partial charge on any atom is 0.321 e. The fraction of sp³-hybridized carbons (Fsp3) is 0.462. The molecule has 1 aromatic carbocycles. The lowest BCUT2D eigenvalue weighted by Gasteiger charge is -2.28. The van der Waals surface area contributed by atoms with Gasteiger partial charge in [0, 0.05) is 38.9 Å². The van der Waals surface area contributed by atoms with Crippen LogP contribution in [0.1, 0.15) is 25.3 Å². The van der Waals surface area contributed by atoms with Gasteiger partial charge >= 0.3 is 6.03 Å². The molecule has 2 aliphatic rings. The first-order valence-electron chi connectivity index (χ1n) is 12.4. The van der Waals surface area contributed by atoms with Crippen LogP contribution in [0, 0.1) is 12.8 Å². The van der Waals surface area contributed by atoms with Crippen molar-refractivity contribution in [1.82, 2.24) is 24.9 Å². The quantitative estimate of drug-likeness (QED) is 0.601. The smallest absolute Gasteiger partial charge is 0.321 e. The summed E-state index contributed by atoms with van der Waals surface area (Å²) >= 11 is 0. The first-order valence-corrected chi connectivity index (χ1v) is 12.4.